The third-order valence-corrected chi connectivity index (χ3v) is 11.3. The molecule has 5 heteroatoms. The Morgan fingerprint density at radius 2 is 0.887 bits per heavy atom. The summed E-state index contributed by atoms with van der Waals surface area (Å²) >= 11 is 0. The first-order chi connectivity index (χ1) is 26.3. The Bertz CT molecular complexity index is 2820. The molecule has 0 saturated heterocycles. The molecule has 12 rings (SSSR count). The number of nitrogens with zero attached hydrogens (tertiary/aromatic N) is 3. The standard InChI is InChI=1S/C48H30BN3O/c1-4-14-33(15-5-1)50-38-21-11-10-20-36(38)37-27-26-31(28-41(37)50)32-29-42-46-43(30-32)52(35-18-8-3-9-19-35)40-23-13-25-45-48(40)49(46)47-39(22-12-24-44(47)53-45)51(42)34-16-6-2-7-17-34/h1-30H. The van der Waals surface area contributed by atoms with Gasteiger partial charge in [0.1, 0.15) is 11.5 Å². The summed E-state index contributed by atoms with van der Waals surface area (Å²) in [5.41, 5.74) is 16.5. The third kappa shape index (κ3) is 3.96. The summed E-state index contributed by atoms with van der Waals surface area (Å²) < 4.78 is 9.17. The summed E-state index contributed by atoms with van der Waals surface area (Å²) in [4.78, 5) is 4.89. The second-order valence-electron chi connectivity index (χ2n) is 14.1. The maximum absolute atomic E-state index is 6.77. The number of anilines is 6. The lowest BCUT2D eigenvalue weighted by Gasteiger charge is -2.46. The quantitative estimate of drug-likeness (QED) is 0.173. The maximum atomic E-state index is 6.77. The van der Waals surface area contributed by atoms with Gasteiger partial charge in [0.25, 0.3) is 6.71 Å². The third-order valence-electron chi connectivity index (χ3n) is 11.3. The molecule has 0 spiro atoms. The van der Waals surface area contributed by atoms with Crippen molar-refractivity contribution >= 4 is 79.0 Å². The number of aromatic nitrogens is 1. The van der Waals surface area contributed by atoms with Crippen LogP contribution in [0.1, 0.15) is 0 Å². The van der Waals surface area contributed by atoms with E-state index in [0.717, 1.165) is 39.9 Å². The van der Waals surface area contributed by atoms with Crippen LogP contribution in [0.15, 0.2) is 182 Å². The molecular formula is C48H30BN3O. The highest BCUT2D eigenvalue weighted by Crippen LogP contribution is 2.49. The molecule has 0 saturated carbocycles. The van der Waals surface area contributed by atoms with Crippen molar-refractivity contribution in [1.82, 2.24) is 4.57 Å². The number of ether oxygens (including phenoxy) is 1. The molecule has 8 aromatic carbocycles. The first-order valence-electron chi connectivity index (χ1n) is 18.2. The van der Waals surface area contributed by atoms with E-state index >= 15 is 0 Å². The molecule has 3 aliphatic heterocycles. The minimum absolute atomic E-state index is 0.0308. The summed E-state index contributed by atoms with van der Waals surface area (Å²) in [5.74, 6) is 1.84. The van der Waals surface area contributed by atoms with Crippen LogP contribution in [-0.4, -0.2) is 11.3 Å². The Kier molecular flexibility index (Phi) is 5.83. The van der Waals surface area contributed by atoms with E-state index in [2.05, 4.69) is 196 Å². The van der Waals surface area contributed by atoms with Crippen molar-refractivity contribution in [3.8, 4) is 28.3 Å². The largest absolute Gasteiger partial charge is 0.458 e. The molecule has 0 atom stereocenters. The Morgan fingerprint density at radius 1 is 0.358 bits per heavy atom. The minimum atomic E-state index is 0.0308. The molecular weight excluding hydrogens is 645 g/mol. The smallest absolute Gasteiger partial charge is 0.261 e. The number of para-hydroxylation sites is 4. The Labute approximate surface area is 307 Å². The van der Waals surface area contributed by atoms with Crippen LogP contribution in [0, 0.1) is 0 Å². The minimum Gasteiger partial charge on any atom is -0.458 e. The molecule has 4 heterocycles. The highest BCUT2D eigenvalue weighted by molar-refractivity contribution is 7.01. The molecule has 9 aromatic rings. The predicted molar refractivity (Wildman–Crippen MR) is 220 cm³/mol. The Balaban J connectivity index is 1.19. The predicted octanol–water partition coefficient (Wildman–Crippen LogP) is 10.6. The number of hydrogen-bond acceptors (Lipinski definition) is 3. The fourth-order valence-electron chi connectivity index (χ4n) is 9.20. The van der Waals surface area contributed by atoms with Gasteiger partial charge in [-0.1, -0.05) is 97.1 Å². The van der Waals surface area contributed by atoms with Gasteiger partial charge in [-0.05, 0) is 112 Å². The van der Waals surface area contributed by atoms with E-state index in [-0.39, 0.29) is 6.71 Å². The number of rotatable bonds is 4. The highest BCUT2D eigenvalue weighted by Gasteiger charge is 2.48. The fourth-order valence-corrected chi connectivity index (χ4v) is 9.20. The first-order valence-corrected chi connectivity index (χ1v) is 18.2. The molecule has 0 radical (unpaired) electrons. The van der Waals surface area contributed by atoms with Crippen molar-refractivity contribution in [2.24, 2.45) is 0 Å². The topological polar surface area (TPSA) is 20.6 Å². The second kappa shape index (κ2) is 10.8. The van der Waals surface area contributed by atoms with Gasteiger partial charge in [-0.2, -0.15) is 0 Å². The van der Waals surface area contributed by atoms with Crippen molar-refractivity contribution in [3.63, 3.8) is 0 Å². The summed E-state index contributed by atoms with van der Waals surface area (Å²) in [5, 5.41) is 2.50. The normalized spacial score (nSPS) is 13.3. The van der Waals surface area contributed by atoms with Crippen LogP contribution < -0.4 is 30.9 Å². The summed E-state index contributed by atoms with van der Waals surface area (Å²) in [6.07, 6.45) is 0. The van der Waals surface area contributed by atoms with E-state index in [0.29, 0.717) is 0 Å². The number of hydrogen-bond donors (Lipinski definition) is 0. The van der Waals surface area contributed by atoms with Gasteiger partial charge in [-0.15, -0.1) is 0 Å². The molecule has 1 aromatic heterocycles. The van der Waals surface area contributed by atoms with Gasteiger partial charge in [0.2, 0.25) is 0 Å². The molecule has 0 unspecified atom stereocenters. The lowest BCUT2D eigenvalue weighted by atomic mass is 9.32. The van der Waals surface area contributed by atoms with Crippen LogP contribution in [0.3, 0.4) is 0 Å². The van der Waals surface area contributed by atoms with Crippen LogP contribution >= 0.6 is 0 Å². The second-order valence-corrected chi connectivity index (χ2v) is 14.1. The van der Waals surface area contributed by atoms with Crippen LogP contribution in [-0.2, 0) is 0 Å². The van der Waals surface area contributed by atoms with Crippen molar-refractivity contribution in [2.45, 2.75) is 0 Å². The van der Waals surface area contributed by atoms with Gasteiger partial charge in [-0.3, -0.25) is 0 Å². The molecule has 246 valence electrons. The zero-order valence-corrected chi connectivity index (χ0v) is 28.6. The molecule has 0 N–H and O–H groups in total. The van der Waals surface area contributed by atoms with Gasteiger partial charge in [0, 0.05) is 50.6 Å². The summed E-state index contributed by atoms with van der Waals surface area (Å²) in [6.45, 7) is 0.0308. The number of fused-ring (bicyclic) bond motifs is 3. The molecule has 0 amide bonds. The molecule has 3 aliphatic rings. The molecule has 4 nitrogen and oxygen atoms in total. The van der Waals surface area contributed by atoms with E-state index in [1.54, 1.807) is 0 Å². The molecule has 53 heavy (non-hydrogen) atoms. The molecule has 0 fully saturated rings. The van der Waals surface area contributed by atoms with E-state index < -0.39 is 0 Å². The van der Waals surface area contributed by atoms with Crippen LogP contribution in [0.2, 0.25) is 0 Å². The van der Waals surface area contributed by atoms with Gasteiger partial charge < -0.3 is 19.1 Å². The van der Waals surface area contributed by atoms with E-state index in [1.165, 1.54) is 60.7 Å². The fraction of sp³-hybridized carbons (Fsp3) is 0. The van der Waals surface area contributed by atoms with Gasteiger partial charge >= 0.3 is 0 Å². The first kappa shape index (κ1) is 28.7. The number of benzene rings is 8. The van der Waals surface area contributed by atoms with Crippen LogP contribution in [0.4, 0.5) is 34.1 Å². The van der Waals surface area contributed by atoms with Crippen molar-refractivity contribution in [1.29, 1.82) is 0 Å². The van der Waals surface area contributed by atoms with Crippen LogP contribution in [0.5, 0.6) is 11.5 Å². The van der Waals surface area contributed by atoms with E-state index in [1.807, 2.05) is 0 Å². The Hall–Kier alpha value is -6.98. The molecule has 0 aliphatic carbocycles. The highest BCUT2D eigenvalue weighted by atomic mass is 16.5. The van der Waals surface area contributed by atoms with E-state index in [4.69, 9.17) is 4.74 Å². The average Bonchev–Trinajstić information content (AvgIpc) is 3.55. The lowest BCUT2D eigenvalue weighted by molar-refractivity contribution is 0.487. The van der Waals surface area contributed by atoms with Gasteiger partial charge in [0.15, 0.2) is 0 Å². The average molecular weight is 676 g/mol. The lowest BCUT2D eigenvalue weighted by Crippen LogP contribution is -2.63. The van der Waals surface area contributed by atoms with Crippen LogP contribution in [0.25, 0.3) is 38.6 Å². The maximum Gasteiger partial charge on any atom is 0.261 e. The summed E-state index contributed by atoms with van der Waals surface area (Å²) in [7, 11) is 0. The van der Waals surface area contributed by atoms with Crippen molar-refractivity contribution in [3.05, 3.63) is 182 Å². The van der Waals surface area contributed by atoms with Crippen molar-refractivity contribution < 1.29 is 4.74 Å². The van der Waals surface area contributed by atoms with E-state index in [9.17, 15) is 0 Å². The van der Waals surface area contributed by atoms with Crippen molar-refractivity contribution in [2.75, 3.05) is 9.80 Å². The SMILES string of the molecule is c1ccc(N2c3cccc4c3B3c5c(cccc5N(c5ccccc5)c5cc(-c6ccc7c8ccccc8n(-c8ccccc8)c7c6)cc2c53)O4)cc1. The monoisotopic (exact) mass is 675 g/mol. The summed E-state index contributed by atoms with van der Waals surface area (Å²) in [6, 6.07) is 65.8. The molecule has 0 bridgehead atoms. The zero-order valence-electron chi connectivity index (χ0n) is 28.6. The zero-order chi connectivity index (χ0) is 34.6. The van der Waals surface area contributed by atoms with Gasteiger partial charge in [-0.25, -0.2) is 0 Å². The van der Waals surface area contributed by atoms with Gasteiger partial charge in [0.05, 0.1) is 11.0 Å². The Morgan fingerprint density at radius 3 is 1.49 bits per heavy atom.